The third kappa shape index (κ3) is 1.67. The molecule has 0 amide bonds. The van der Waals surface area contributed by atoms with Gasteiger partial charge in [0.25, 0.3) is 0 Å². The van der Waals surface area contributed by atoms with E-state index >= 15 is 0 Å². The Morgan fingerprint density at radius 1 is 0.933 bits per heavy atom. The normalized spacial score (nSPS) is 10.7. The molecule has 0 N–H and O–H groups in total. The Morgan fingerprint density at radius 3 is 2.07 bits per heavy atom. The average Bonchev–Trinajstić information content (AvgIpc) is 2.52. The highest BCUT2D eigenvalue weighted by Gasteiger charge is 2.05. The first-order chi connectivity index (χ1) is 7.09. The Morgan fingerprint density at radius 2 is 1.53 bits per heavy atom. The van der Waals surface area contributed by atoms with Crippen molar-refractivity contribution < 1.29 is 4.39 Å². The Labute approximate surface area is 89.2 Å². The minimum absolute atomic E-state index is 0.152. The van der Waals surface area contributed by atoms with Gasteiger partial charge in [0, 0.05) is 17.1 Å². The Balaban J connectivity index is 2.59. The summed E-state index contributed by atoms with van der Waals surface area (Å²) in [4.78, 5) is 0. The Hall–Kier alpha value is -1.57. The van der Waals surface area contributed by atoms with Crippen molar-refractivity contribution in [2.75, 3.05) is 0 Å². The molecule has 0 radical (unpaired) electrons. The van der Waals surface area contributed by atoms with Crippen LogP contribution < -0.4 is 0 Å². The molecule has 2 rings (SSSR count). The van der Waals surface area contributed by atoms with Crippen molar-refractivity contribution >= 4 is 0 Å². The van der Waals surface area contributed by atoms with E-state index in [-0.39, 0.29) is 5.82 Å². The zero-order valence-corrected chi connectivity index (χ0v) is 9.21. The van der Waals surface area contributed by atoms with Crippen LogP contribution in [0, 0.1) is 26.6 Å². The quantitative estimate of drug-likeness (QED) is 0.668. The molecule has 78 valence electrons. The standard InChI is InChI=1S/C13H14FN/c1-9-8-12(6-7-13(9)14)15-10(2)4-5-11(15)3/h4-8H,1-3H3. The highest BCUT2D eigenvalue weighted by molar-refractivity contribution is 5.40. The fraction of sp³-hybridized carbons (Fsp3) is 0.231. The number of benzene rings is 1. The lowest BCUT2D eigenvalue weighted by atomic mass is 10.2. The van der Waals surface area contributed by atoms with Crippen molar-refractivity contribution in [3.8, 4) is 5.69 Å². The first kappa shape index (κ1) is 9.97. The number of hydrogen-bond acceptors (Lipinski definition) is 0. The van der Waals surface area contributed by atoms with Gasteiger partial charge in [-0.2, -0.15) is 0 Å². The van der Waals surface area contributed by atoms with E-state index in [9.17, 15) is 4.39 Å². The van der Waals surface area contributed by atoms with Gasteiger partial charge in [0.2, 0.25) is 0 Å². The van der Waals surface area contributed by atoms with Crippen LogP contribution in [0.15, 0.2) is 30.3 Å². The van der Waals surface area contributed by atoms with E-state index in [1.165, 1.54) is 17.5 Å². The second kappa shape index (κ2) is 3.54. The van der Waals surface area contributed by atoms with Gasteiger partial charge in [-0.05, 0) is 56.7 Å². The van der Waals surface area contributed by atoms with Crippen LogP contribution in [0.5, 0.6) is 0 Å². The van der Waals surface area contributed by atoms with Gasteiger partial charge in [-0.25, -0.2) is 4.39 Å². The number of hydrogen-bond donors (Lipinski definition) is 0. The molecular formula is C13H14FN. The Kier molecular flexibility index (Phi) is 2.35. The van der Waals surface area contributed by atoms with Gasteiger partial charge in [0.15, 0.2) is 0 Å². The molecule has 0 aliphatic heterocycles. The second-order valence-electron chi connectivity index (χ2n) is 3.88. The summed E-state index contributed by atoms with van der Waals surface area (Å²) in [5.41, 5.74) is 4.03. The summed E-state index contributed by atoms with van der Waals surface area (Å²) in [6, 6.07) is 9.32. The molecule has 15 heavy (non-hydrogen) atoms. The summed E-state index contributed by atoms with van der Waals surface area (Å²) < 4.78 is 15.2. The van der Waals surface area contributed by atoms with Crippen molar-refractivity contribution in [3.05, 3.63) is 53.1 Å². The first-order valence-electron chi connectivity index (χ1n) is 5.01. The van der Waals surface area contributed by atoms with Gasteiger partial charge >= 0.3 is 0 Å². The van der Waals surface area contributed by atoms with Gasteiger partial charge in [-0.15, -0.1) is 0 Å². The molecule has 0 bridgehead atoms. The molecule has 0 saturated heterocycles. The van der Waals surface area contributed by atoms with Gasteiger partial charge in [-0.3, -0.25) is 0 Å². The third-order valence-electron chi connectivity index (χ3n) is 2.67. The maximum Gasteiger partial charge on any atom is 0.126 e. The van der Waals surface area contributed by atoms with Crippen molar-refractivity contribution in [1.82, 2.24) is 4.57 Å². The van der Waals surface area contributed by atoms with Crippen LogP contribution in [0.25, 0.3) is 5.69 Å². The highest BCUT2D eigenvalue weighted by Crippen LogP contribution is 2.18. The lowest BCUT2D eigenvalue weighted by Crippen LogP contribution is -1.99. The molecule has 1 aromatic carbocycles. The molecule has 1 aromatic heterocycles. The average molecular weight is 203 g/mol. The molecule has 0 saturated carbocycles. The zero-order valence-electron chi connectivity index (χ0n) is 9.21. The van der Waals surface area contributed by atoms with Gasteiger partial charge < -0.3 is 4.57 Å². The van der Waals surface area contributed by atoms with E-state index in [1.807, 2.05) is 26.0 Å². The summed E-state index contributed by atoms with van der Waals surface area (Å²) in [5.74, 6) is -0.152. The first-order valence-corrected chi connectivity index (χ1v) is 5.01. The summed E-state index contributed by atoms with van der Waals surface area (Å²) in [6.45, 7) is 5.88. The topological polar surface area (TPSA) is 4.93 Å². The van der Waals surface area contributed by atoms with E-state index in [4.69, 9.17) is 0 Å². The second-order valence-corrected chi connectivity index (χ2v) is 3.88. The van der Waals surface area contributed by atoms with Crippen LogP contribution in [0.3, 0.4) is 0 Å². The fourth-order valence-corrected chi connectivity index (χ4v) is 1.84. The Bertz CT molecular complexity index is 478. The monoisotopic (exact) mass is 203 g/mol. The van der Waals surface area contributed by atoms with Gasteiger partial charge in [0.05, 0.1) is 0 Å². The molecule has 1 nitrogen and oxygen atoms in total. The summed E-state index contributed by atoms with van der Waals surface area (Å²) >= 11 is 0. The van der Waals surface area contributed by atoms with E-state index < -0.39 is 0 Å². The van der Waals surface area contributed by atoms with E-state index in [0.717, 1.165) is 5.69 Å². The maximum absolute atomic E-state index is 13.1. The van der Waals surface area contributed by atoms with Gasteiger partial charge in [-0.1, -0.05) is 0 Å². The molecule has 0 atom stereocenters. The lowest BCUT2D eigenvalue weighted by Gasteiger charge is -2.10. The third-order valence-corrected chi connectivity index (χ3v) is 2.67. The van der Waals surface area contributed by atoms with E-state index in [0.29, 0.717) is 5.56 Å². The number of nitrogens with zero attached hydrogens (tertiary/aromatic N) is 1. The fourth-order valence-electron chi connectivity index (χ4n) is 1.84. The van der Waals surface area contributed by atoms with Crippen LogP contribution in [-0.4, -0.2) is 4.57 Å². The van der Waals surface area contributed by atoms with E-state index in [1.54, 1.807) is 6.92 Å². The molecule has 0 aliphatic rings. The number of aryl methyl sites for hydroxylation is 3. The number of aromatic nitrogens is 1. The van der Waals surface area contributed by atoms with Crippen LogP contribution >= 0.6 is 0 Å². The molecule has 0 fully saturated rings. The van der Waals surface area contributed by atoms with Crippen LogP contribution in [0.2, 0.25) is 0 Å². The van der Waals surface area contributed by atoms with Crippen molar-refractivity contribution in [2.24, 2.45) is 0 Å². The molecule has 0 spiro atoms. The number of halogens is 1. The van der Waals surface area contributed by atoms with Crippen LogP contribution in [0.4, 0.5) is 4.39 Å². The largest absolute Gasteiger partial charge is 0.319 e. The predicted molar refractivity (Wildman–Crippen MR) is 59.9 cm³/mol. The lowest BCUT2D eigenvalue weighted by molar-refractivity contribution is 0.618. The highest BCUT2D eigenvalue weighted by atomic mass is 19.1. The van der Waals surface area contributed by atoms with Crippen LogP contribution in [-0.2, 0) is 0 Å². The van der Waals surface area contributed by atoms with Crippen molar-refractivity contribution in [2.45, 2.75) is 20.8 Å². The minimum atomic E-state index is -0.152. The predicted octanol–water partition coefficient (Wildman–Crippen LogP) is 3.54. The van der Waals surface area contributed by atoms with Crippen molar-refractivity contribution in [3.63, 3.8) is 0 Å². The number of rotatable bonds is 1. The minimum Gasteiger partial charge on any atom is -0.319 e. The summed E-state index contributed by atoms with van der Waals surface area (Å²) in [7, 11) is 0. The maximum atomic E-state index is 13.1. The van der Waals surface area contributed by atoms with Crippen LogP contribution in [0.1, 0.15) is 17.0 Å². The molecular weight excluding hydrogens is 189 g/mol. The SMILES string of the molecule is Cc1cc(-n2c(C)ccc2C)ccc1F. The molecule has 1 heterocycles. The summed E-state index contributed by atoms with van der Waals surface area (Å²) in [5, 5.41) is 0. The molecule has 0 unspecified atom stereocenters. The molecule has 2 aromatic rings. The molecule has 2 heteroatoms. The van der Waals surface area contributed by atoms with E-state index in [2.05, 4.69) is 16.7 Å². The van der Waals surface area contributed by atoms with Crippen molar-refractivity contribution in [1.29, 1.82) is 0 Å². The summed E-state index contributed by atoms with van der Waals surface area (Å²) in [6.07, 6.45) is 0. The van der Waals surface area contributed by atoms with Gasteiger partial charge in [0.1, 0.15) is 5.82 Å². The molecule has 0 aliphatic carbocycles. The zero-order chi connectivity index (χ0) is 11.0. The smallest absolute Gasteiger partial charge is 0.126 e.